The van der Waals surface area contributed by atoms with Gasteiger partial charge in [0.15, 0.2) is 0 Å². The van der Waals surface area contributed by atoms with Crippen LogP contribution in [0.15, 0.2) is 0 Å². The van der Waals surface area contributed by atoms with Gasteiger partial charge < -0.3 is 20.5 Å². The van der Waals surface area contributed by atoms with Crippen LogP contribution in [0.2, 0.25) is 0 Å². The minimum Gasteiger partial charge on any atom is -2.00 e. The number of hydrogen-bond acceptors (Lipinski definition) is 3. The molecular weight excluding hydrogens is 267 g/mol. The molecule has 0 aliphatic rings. The molecule has 0 rings (SSSR count). The Balaban J connectivity index is -0.0000000150. The van der Waals surface area contributed by atoms with Gasteiger partial charge in [0, 0.05) is 0 Å². The maximum Gasteiger partial charge on any atom is 3.00 e. The van der Waals surface area contributed by atoms with Crippen LogP contribution in [0.25, 0.3) is 0 Å². The Morgan fingerprint density at radius 3 is 1.00 bits per heavy atom. The smallest absolute Gasteiger partial charge is 2.00 e. The van der Waals surface area contributed by atoms with Crippen molar-refractivity contribution >= 4 is 45.1 Å². The van der Waals surface area contributed by atoms with Gasteiger partial charge in [0.25, 0.3) is 0 Å². The molecule has 0 fully saturated rings. The molecule has 0 aromatic heterocycles. The van der Waals surface area contributed by atoms with E-state index in [1.54, 1.807) is 0 Å². The zero-order valence-electron chi connectivity index (χ0n) is 3.30. The summed E-state index contributed by atoms with van der Waals surface area (Å²) in [6, 6.07) is 0. The van der Waals surface area contributed by atoms with Gasteiger partial charge in [0.1, 0.15) is 0 Å². The Labute approximate surface area is 112 Å². The summed E-state index contributed by atoms with van der Waals surface area (Å²) < 4.78 is 0. The third kappa shape index (κ3) is 52.7. The Morgan fingerprint density at radius 1 is 1.00 bits per heavy atom. The average Bonchev–Trinajstić information content (AvgIpc) is 0.811. The van der Waals surface area contributed by atoms with Crippen LogP contribution in [0.4, 0.5) is 0 Å². The molecule has 0 atom stereocenters. The molecule has 7 heavy (non-hydrogen) atoms. The molecule has 7 heteroatoms. The maximum atomic E-state index is 8.42. The van der Waals surface area contributed by atoms with Crippen LogP contribution in [-0.4, -0.2) is 45.1 Å². The fraction of sp³-hybridized carbons (Fsp3) is 0. The Morgan fingerprint density at radius 2 is 1.00 bits per heavy atom. The van der Waals surface area contributed by atoms with E-state index in [0.717, 1.165) is 0 Å². The van der Waals surface area contributed by atoms with Crippen molar-refractivity contribution in [3.63, 3.8) is 0 Å². The van der Waals surface area contributed by atoms with Crippen molar-refractivity contribution in [2.24, 2.45) is 0 Å². The summed E-state index contributed by atoms with van der Waals surface area (Å²) in [5, 5.41) is 25.2. The van der Waals surface area contributed by atoms with E-state index in [2.05, 4.69) is 0 Å². The first-order valence-electron chi connectivity index (χ1n) is 0.707. The summed E-state index contributed by atoms with van der Waals surface area (Å²) in [6.45, 7) is 0. The molecule has 0 bridgehead atoms. The van der Waals surface area contributed by atoms with Gasteiger partial charge in [-0.3, -0.25) is 7.32 Å². The van der Waals surface area contributed by atoms with Crippen molar-refractivity contribution in [3.8, 4) is 0 Å². The molecule has 0 aromatic carbocycles. The van der Waals surface area contributed by atoms with Gasteiger partial charge in [0.05, 0.1) is 0 Å². The van der Waals surface area contributed by atoms with E-state index in [1.807, 2.05) is 0 Å². The molecule has 4 nitrogen and oxygen atoms in total. The molecule has 0 aliphatic heterocycles. The first-order valence-corrected chi connectivity index (χ1v) is 0.707. The second-order valence-electron chi connectivity index (χ2n) is 0.289. The minimum atomic E-state index is -2.92. The Bertz CT molecular complexity index is 16.4. The van der Waals surface area contributed by atoms with Crippen molar-refractivity contribution in [1.29, 1.82) is 0 Å². The molecular formula is BCaEuO4. The van der Waals surface area contributed by atoms with Gasteiger partial charge in [-0.1, -0.05) is 0 Å². The molecule has 0 aliphatic carbocycles. The summed E-state index contributed by atoms with van der Waals surface area (Å²) in [7, 11) is -2.92. The summed E-state index contributed by atoms with van der Waals surface area (Å²) in [5.41, 5.74) is 0. The topological polar surface area (TPSA) is 97.7 Å². The molecule has 0 spiro atoms. The van der Waals surface area contributed by atoms with E-state index in [9.17, 15) is 0 Å². The van der Waals surface area contributed by atoms with Gasteiger partial charge in [-0.25, -0.2) is 0 Å². The summed E-state index contributed by atoms with van der Waals surface area (Å²) in [4.78, 5) is 0. The average molecular weight is 267 g/mol. The van der Waals surface area contributed by atoms with Crippen LogP contribution in [0.3, 0.4) is 0 Å². The maximum absolute atomic E-state index is 8.42. The largest absolute Gasteiger partial charge is 3.00 e. The van der Waals surface area contributed by atoms with Gasteiger partial charge >= 0.3 is 87.1 Å². The number of hydrogen-bond donors (Lipinski definition) is 0. The second kappa shape index (κ2) is 15.9. The van der Waals surface area contributed by atoms with Crippen LogP contribution in [0.1, 0.15) is 0 Å². The fourth-order valence-electron chi connectivity index (χ4n) is 0. The standard InChI is InChI=1S/BO3.Ca.Eu.O/c2-1(3)4;;;/q-3;+2;+3;-2. The molecule has 0 N–H and O–H groups in total. The first-order chi connectivity index (χ1) is 1.73. The first kappa shape index (κ1) is 22.6. The van der Waals surface area contributed by atoms with E-state index in [-0.39, 0.29) is 92.6 Å². The van der Waals surface area contributed by atoms with Crippen LogP contribution in [0.5, 0.6) is 0 Å². The third-order valence-electron chi connectivity index (χ3n) is 0. The predicted octanol–water partition coefficient (Wildman–Crippen LogP) is -4.45. The van der Waals surface area contributed by atoms with Crippen molar-refractivity contribution in [2.45, 2.75) is 0 Å². The third-order valence-corrected chi connectivity index (χ3v) is 0. The predicted molar refractivity (Wildman–Crippen MR) is 12.2 cm³/mol. The van der Waals surface area contributed by atoms with E-state index >= 15 is 0 Å². The summed E-state index contributed by atoms with van der Waals surface area (Å²) in [6.07, 6.45) is 0. The van der Waals surface area contributed by atoms with Crippen molar-refractivity contribution in [1.82, 2.24) is 0 Å². The van der Waals surface area contributed by atoms with Gasteiger partial charge in [-0.05, 0) is 0 Å². The van der Waals surface area contributed by atoms with E-state index in [4.69, 9.17) is 15.1 Å². The molecule has 0 amide bonds. The Kier molecular flexibility index (Phi) is 51.3. The fourth-order valence-corrected chi connectivity index (χ4v) is 0. The van der Waals surface area contributed by atoms with E-state index < -0.39 is 7.32 Å². The molecule has 0 heterocycles. The van der Waals surface area contributed by atoms with E-state index in [0.29, 0.717) is 0 Å². The van der Waals surface area contributed by atoms with Gasteiger partial charge in [0.2, 0.25) is 0 Å². The summed E-state index contributed by atoms with van der Waals surface area (Å²) in [5.74, 6) is 0. The van der Waals surface area contributed by atoms with Crippen LogP contribution < -0.4 is 15.1 Å². The zero-order chi connectivity index (χ0) is 3.58. The summed E-state index contributed by atoms with van der Waals surface area (Å²) >= 11 is 0. The molecule has 0 aromatic rings. The quantitative estimate of drug-likeness (QED) is 0.414. The zero-order valence-corrected chi connectivity index (χ0v) is 7.93. The van der Waals surface area contributed by atoms with Crippen molar-refractivity contribution in [2.75, 3.05) is 0 Å². The van der Waals surface area contributed by atoms with Crippen molar-refractivity contribution < 1.29 is 69.9 Å². The molecule has 0 radical (unpaired) electrons. The molecule has 0 unspecified atom stereocenters. The SMILES string of the molecule is [Ca+2].[Eu+3].[O-2].[O-]B([O-])[O-]. The monoisotopic (exact) mass is 268 g/mol. The Hall–Kier alpha value is 2.75. The van der Waals surface area contributed by atoms with Gasteiger partial charge in [-0.15, -0.1) is 0 Å². The van der Waals surface area contributed by atoms with Crippen LogP contribution >= 0.6 is 0 Å². The molecule has 0 saturated carbocycles. The molecule has 36 valence electrons. The van der Waals surface area contributed by atoms with E-state index in [1.165, 1.54) is 0 Å². The normalized spacial score (nSPS) is 3.86. The van der Waals surface area contributed by atoms with Crippen LogP contribution in [-0.2, 0) is 5.48 Å². The minimum absolute atomic E-state index is 0. The second-order valence-corrected chi connectivity index (χ2v) is 0.289. The number of rotatable bonds is 0. The molecule has 0 saturated heterocycles. The van der Waals surface area contributed by atoms with Crippen molar-refractivity contribution in [3.05, 3.63) is 0 Å². The van der Waals surface area contributed by atoms with Crippen LogP contribution in [0, 0.1) is 49.4 Å². The van der Waals surface area contributed by atoms with Gasteiger partial charge in [-0.2, -0.15) is 0 Å².